The van der Waals surface area contributed by atoms with Crippen LogP contribution in [0, 0.1) is 40.4 Å². The summed E-state index contributed by atoms with van der Waals surface area (Å²) < 4.78 is 17.5. The molecule has 176 valence electrons. The monoisotopic (exact) mass is 434 g/mol. The molecule has 1 saturated heterocycles. The Morgan fingerprint density at radius 2 is 1.74 bits per heavy atom. The summed E-state index contributed by atoms with van der Waals surface area (Å²) in [5.74, 6) is 2.51. The van der Waals surface area contributed by atoms with Crippen LogP contribution in [0.25, 0.3) is 0 Å². The van der Waals surface area contributed by atoms with E-state index in [0.29, 0.717) is 41.6 Å². The summed E-state index contributed by atoms with van der Waals surface area (Å²) in [7, 11) is 0. The number of aliphatic hydroxyl groups is 1. The first-order valence-electron chi connectivity index (χ1n) is 12.8. The van der Waals surface area contributed by atoms with Gasteiger partial charge < -0.3 is 19.3 Å². The third kappa shape index (κ3) is 3.09. The zero-order chi connectivity index (χ0) is 22.1. The highest BCUT2D eigenvalue weighted by molar-refractivity contribution is 5.71. The quantitative estimate of drug-likeness (QED) is 0.652. The molecule has 4 aliphatic carbocycles. The topological polar surface area (TPSA) is 65.0 Å². The van der Waals surface area contributed by atoms with Crippen molar-refractivity contribution in [2.75, 3.05) is 19.8 Å². The van der Waals surface area contributed by atoms with Crippen LogP contribution < -0.4 is 0 Å². The fourth-order valence-electron chi connectivity index (χ4n) is 9.29. The number of hydrogen-bond donors (Lipinski definition) is 1. The molecule has 0 bridgehead atoms. The van der Waals surface area contributed by atoms with E-state index < -0.39 is 5.60 Å². The standard InChI is InChI=1S/C26H42O5/c1-5-29-22(27)16-25(28)11-9-20-19-7-6-18-15-26(30-12-13-31-26)14-17(2)24(18,4)21(19)8-10-23(20,25)3/h17-21,28H,5-16H2,1-4H3/t17-,18-,19?,20?,21?,23-,24-,25+/m0/s1. The second-order valence-corrected chi connectivity index (χ2v) is 11.9. The van der Waals surface area contributed by atoms with Crippen molar-refractivity contribution in [1.29, 1.82) is 0 Å². The summed E-state index contributed by atoms with van der Waals surface area (Å²) in [4.78, 5) is 12.3. The first kappa shape index (κ1) is 22.2. The number of rotatable bonds is 3. The molecular formula is C26H42O5. The summed E-state index contributed by atoms with van der Waals surface area (Å²) >= 11 is 0. The van der Waals surface area contributed by atoms with Crippen LogP contribution >= 0.6 is 0 Å². The first-order valence-corrected chi connectivity index (χ1v) is 12.8. The lowest BCUT2D eigenvalue weighted by molar-refractivity contribution is -0.250. The Morgan fingerprint density at radius 3 is 2.45 bits per heavy atom. The van der Waals surface area contributed by atoms with Crippen molar-refractivity contribution in [3.05, 3.63) is 0 Å². The fourth-order valence-corrected chi connectivity index (χ4v) is 9.29. The minimum atomic E-state index is -0.916. The Labute approximate surface area is 187 Å². The second-order valence-electron chi connectivity index (χ2n) is 11.9. The van der Waals surface area contributed by atoms with E-state index in [-0.39, 0.29) is 23.6 Å². The highest BCUT2D eigenvalue weighted by atomic mass is 16.7. The normalized spacial score (nSPS) is 50.5. The van der Waals surface area contributed by atoms with Gasteiger partial charge in [0.05, 0.1) is 31.8 Å². The van der Waals surface area contributed by atoms with Gasteiger partial charge in [-0.25, -0.2) is 0 Å². The van der Waals surface area contributed by atoms with Crippen LogP contribution in [-0.4, -0.2) is 42.3 Å². The molecule has 1 aliphatic heterocycles. The molecule has 1 N–H and O–H groups in total. The molecule has 8 atom stereocenters. The van der Waals surface area contributed by atoms with E-state index in [4.69, 9.17) is 14.2 Å². The Morgan fingerprint density at radius 1 is 1.03 bits per heavy atom. The smallest absolute Gasteiger partial charge is 0.308 e. The largest absolute Gasteiger partial charge is 0.466 e. The van der Waals surface area contributed by atoms with Crippen molar-refractivity contribution in [3.63, 3.8) is 0 Å². The van der Waals surface area contributed by atoms with Crippen LogP contribution in [0.4, 0.5) is 0 Å². The molecule has 31 heavy (non-hydrogen) atoms. The van der Waals surface area contributed by atoms with E-state index in [9.17, 15) is 9.90 Å². The number of hydrogen-bond acceptors (Lipinski definition) is 5. The van der Waals surface area contributed by atoms with Crippen molar-refractivity contribution in [2.24, 2.45) is 40.4 Å². The van der Waals surface area contributed by atoms with Gasteiger partial charge in [0.1, 0.15) is 0 Å². The van der Waals surface area contributed by atoms with Gasteiger partial charge in [0.2, 0.25) is 0 Å². The van der Waals surface area contributed by atoms with Gasteiger partial charge in [-0.2, -0.15) is 0 Å². The molecule has 5 rings (SSSR count). The summed E-state index contributed by atoms with van der Waals surface area (Å²) in [6, 6.07) is 0. The van der Waals surface area contributed by atoms with E-state index in [1.54, 1.807) is 0 Å². The van der Waals surface area contributed by atoms with Gasteiger partial charge >= 0.3 is 5.97 Å². The van der Waals surface area contributed by atoms with Crippen molar-refractivity contribution < 1.29 is 24.1 Å². The van der Waals surface area contributed by atoms with E-state index in [0.717, 1.165) is 51.7 Å². The summed E-state index contributed by atoms with van der Waals surface area (Å²) in [5.41, 5.74) is -0.784. The van der Waals surface area contributed by atoms with Crippen molar-refractivity contribution in [1.82, 2.24) is 0 Å². The molecule has 0 aromatic heterocycles. The molecule has 0 amide bonds. The molecule has 0 aromatic rings. The first-order chi connectivity index (χ1) is 14.7. The van der Waals surface area contributed by atoms with Gasteiger partial charge in [-0.3, -0.25) is 4.79 Å². The zero-order valence-electron chi connectivity index (χ0n) is 20.0. The number of carbonyl (C=O) groups is 1. The van der Waals surface area contributed by atoms with Crippen molar-refractivity contribution in [3.8, 4) is 0 Å². The highest BCUT2D eigenvalue weighted by Crippen LogP contribution is 2.70. The van der Waals surface area contributed by atoms with Gasteiger partial charge in [0.15, 0.2) is 5.79 Å². The number of esters is 1. The molecule has 4 saturated carbocycles. The highest BCUT2D eigenvalue weighted by Gasteiger charge is 2.67. The lowest BCUT2D eigenvalue weighted by Crippen LogP contribution is -2.60. The van der Waals surface area contributed by atoms with E-state index >= 15 is 0 Å². The van der Waals surface area contributed by atoms with Crippen LogP contribution in [0.3, 0.4) is 0 Å². The maximum atomic E-state index is 12.3. The van der Waals surface area contributed by atoms with Gasteiger partial charge in [-0.15, -0.1) is 0 Å². The number of carbonyl (C=O) groups excluding carboxylic acids is 1. The van der Waals surface area contributed by atoms with Crippen LogP contribution in [0.2, 0.25) is 0 Å². The second kappa shape index (κ2) is 7.43. The molecule has 5 heteroatoms. The number of ether oxygens (including phenoxy) is 3. The Bertz CT molecular complexity index is 717. The summed E-state index contributed by atoms with van der Waals surface area (Å²) in [6.07, 6.45) is 8.64. The van der Waals surface area contributed by atoms with Crippen LogP contribution in [-0.2, 0) is 19.0 Å². The average molecular weight is 435 g/mol. The van der Waals surface area contributed by atoms with Crippen LogP contribution in [0.15, 0.2) is 0 Å². The Kier molecular flexibility index (Phi) is 5.31. The van der Waals surface area contributed by atoms with Crippen LogP contribution in [0.1, 0.15) is 85.5 Å². The summed E-state index contributed by atoms with van der Waals surface area (Å²) in [5, 5.41) is 11.7. The molecule has 1 heterocycles. The third-order valence-corrected chi connectivity index (χ3v) is 11.1. The van der Waals surface area contributed by atoms with Gasteiger partial charge in [0.25, 0.3) is 0 Å². The summed E-state index contributed by atoms with van der Waals surface area (Å²) in [6.45, 7) is 11.0. The molecule has 0 radical (unpaired) electrons. The minimum absolute atomic E-state index is 0.152. The maximum absolute atomic E-state index is 12.3. The average Bonchev–Trinajstić information content (AvgIpc) is 3.26. The molecule has 5 aliphatic rings. The SMILES string of the molecule is CCOC(=O)C[C@]1(O)CCC2C3CC[C@H]4CC5(C[C@H](C)[C@]4(C)C3CC[C@@]21C)OCCO5. The van der Waals surface area contributed by atoms with Gasteiger partial charge in [-0.05, 0) is 85.9 Å². The van der Waals surface area contributed by atoms with E-state index in [1.165, 1.54) is 12.8 Å². The van der Waals surface area contributed by atoms with E-state index in [1.807, 2.05) is 6.92 Å². The Balaban J connectivity index is 1.38. The van der Waals surface area contributed by atoms with Crippen molar-refractivity contribution in [2.45, 2.75) is 96.9 Å². The third-order valence-electron chi connectivity index (χ3n) is 11.1. The zero-order valence-corrected chi connectivity index (χ0v) is 20.0. The lowest BCUT2D eigenvalue weighted by Gasteiger charge is -2.64. The van der Waals surface area contributed by atoms with Gasteiger partial charge in [0, 0.05) is 12.8 Å². The molecule has 3 unspecified atom stereocenters. The van der Waals surface area contributed by atoms with Crippen LogP contribution in [0.5, 0.6) is 0 Å². The molecule has 5 nitrogen and oxygen atoms in total. The molecular weight excluding hydrogens is 392 g/mol. The predicted molar refractivity (Wildman–Crippen MR) is 117 cm³/mol. The van der Waals surface area contributed by atoms with Crippen molar-refractivity contribution >= 4 is 5.97 Å². The minimum Gasteiger partial charge on any atom is -0.466 e. The molecule has 5 fully saturated rings. The fraction of sp³-hybridized carbons (Fsp3) is 0.962. The van der Waals surface area contributed by atoms with E-state index in [2.05, 4.69) is 20.8 Å². The molecule has 1 spiro atoms. The maximum Gasteiger partial charge on any atom is 0.308 e. The lowest BCUT2D eigenvalue weighted by atomic mass is 9.42. The predicted octanol–water partition coefficient (Wildman–Crippen LogP) is 4.70. The number of fused-ring (bicyclic) bond motifs is 5. The van der Waals surface area contributed by atoms with Gasteiger partial charge in [-0.1, -0.05) is 20.8 Å². The Hall–Kier alpha value is -0.650. The molecule has 0 aromatic carbocycles.